The Labute approximate surface area is 128 Å². The molecule has 1 N–H and O–H groups in total. The molecule has 1 saturated carbocycles. The van der Waals surface area contributed by atoms with Crippen molar-refractivity contribution >= 4 is 39.1 Å². The third kappa shape index (κ3) is 4.50. The topological polar surface area (TPSA) is 29.1 Å². The number of benzene rings is 1. The normalized spacial score (nSPS) is 16.3. The molecular formula is C15H19BrClNO. The van der Waals surface area contributed by atoms with E-state index in [1.165, 1.54) is 32.1 Å². The van der Waals surface area contributed by atoms with Gasteiger partial charge in [0.2, 0.25) is 5.91 Å². The van der Waals surface area contributed by atoms with E-state index < -0.39 is 0 Å². The van der Waals surface area contributed by atoms with Gasteiger partial charge in [-0.25, -0.2) is 0 Å². The Bertz CT molecular complexity index is 444. The third-order valence-corrected chi connectivity index (χ3v) is 5.13. The molecule has 1 fully saturated rings. The van der Waals surface area contributed by atoms with Crippen molar-refractivity contribution in [2.45, 2.75) is 44.9 Å². The van der Waals surface area contributed by atoms with Crippen molar-refractivity contribution < 1.29 is 4.79 Å². The molecule has 0 atom stereocenters. The van der Waals surface area contributed by atoms with Crippen LogP contribution in [0.2, 0.25) is 5.02 Å². The number of halogens is 2. The van der Waals surface area contributed by atoms with Gasteiger partial charge in [0, 0.05) is 6.42 Å². The van der Waals surface area contributed by atoms with Crippen molar-refractivity contribution in [3.05, 3.63) is 27.7 Å². The Hall–Kier alpha value is -0.540. The first-order chi connectivity index (χ1) is 9.16. The summed E-state index contributed by atoms with van der Waals surface area (Å²) in [7, 11) is 0. The van der Waals surface area contributed by atoms with E-state index in [1.807, 2.05) is 12.1 Å². The lowest BCUT2D eigenvalue weighted by Gasteiger charge is -2.21. The lowest BCUT2D eigenvalue weighted by molar-refractivity contribution is -0.116. The molecule has 0 radical (unpaired) electrons. The van der Waals surface area contributed by atoms with Crippen LogP contribution in [0.15, 0.2) is 22.7 Å². The van der Waals surface area contributed by atoms with E-state index in [9.17, 15) is 4.79 Å². The van der Waals surface area contributed by atoms with Gasteiger partial charge in [0.05, 0.1) is 15.2 Å². The molecule has 1 aliphatic carbocycles. The fourth-order valence-electron chi connectivity index (χ4n) is 2.62. The van der Waals surface area contributed by atoms with E-state index in [-0.39, 0.29) is 5.91 Å². The van der Waals surface area contributed by atoms with Crippen LogP contribution < -0.4 is 5.32 Å². The number of anilines is 1. The molecule has 1 aromatic rings. The van der Waals surface area contributed by atoms with Crippen LogP contribution in [0.5, 0.6) is 0 Å². The van der Waals surface area contributed by atoms with E-state index in [2.05, 4.69) is 21.2 Å². The highest BCUT2D eigenvalue weighted by molar-refractivity contribution is 9.10. The Morgan fingerprint density at radius 3 is 2.79 bits per heavy atom. The molecule has 0 aliphatic heterocycles. The van der Waals surface area contributed by atoms with Crippen LogP contribution in [-0.2, 0) is 4.79 Å². The first-order valence-electron chi connectivity index (χ1n) is 6.90. The Balaban J connectivity index is 1.82. The molecular weight excluding hydrogens is 326 g/mol. The summed E-state index contributed by atoms with van der Waals surface area (Å²) in [4.78, 5) is 11.9. The molecule has 2 nitrogen and oxygen atoms in total. The van der Waals surface area contributed by atoms with Gasteiger partial charge in [0.1, 0.15) is 0 Å². The number of carbonyl (C=O) groups is 1. The minimum atomic E-state index is 0.0774. The zero-order chi connectivity index (χ0) is 13.7. The maximum Gasteiger partial charge on any atom is 0.224 e. The number of amides is 1. The molecule has 1 aromatic carbocycles. The Morgan fingerprint density at radius 2 is 2.05 bits per heavy atom. The summed E-state index contributed by atoms with van der Waals surface area (Å²) in [6.07, 6.45) is 8.19. The van der Waals surface area contributed by atoms with E-state index in [0.717, 1.165) is 22.5 Å². The lowest BCUT2D eigenvalue weighted by atomic mass is 9.86. The molecule has 0 heterocycles. The fourth-order valence-corrected chi connectivity index (χ4v) is 3.16. The second-order valence-electron chi connectivity index (χ2n) is 5.19. The smallest absolute Gasteiger partial charge is 0.224 e. The highest BCUT2D eigenvalue weighted by Gasteiger charge is 2.15. The maximum absolute atomic E-state index is 11.9. The molecule has 0 bridgehead atoms. The summed E-state index contributed by atoms with van der Waals surface area (Å²) in [5.74, 6) is 0.816. The van der Waals surface area contributed by atoms with Crippen LogP contribution in [0.1, 0.15) is 44.9 Å². The van der Waals surface area contributed by atoms with Gasteiger partial charge in [-0.05, 0) is 40.4 Å². The molecule has 1 aliphatic rings. The van der Waals surface area contributed by atoms with Gasteiger partial charge in [-0.2, -0.15) is 0 Å². The lowest BCUT2D eigenvalue weighted by Crippen LogP contribution is -2.15. The summed E-state index contributed by atoms with van der Waals surface area (Å²) in [6.45, 7) is 0. The molecule has 104 valence electrons. The monoisotopic (exact) mass is 343 g/mol. The summed E-state index contributed by atoms with van der Waals surface area (Å²) in [5.41, 5.74) is 0.751. The van der Waals surface area contributed by atoms with Crippen LogP contribution in [0.4, 0.5) is 5.69 Å². The molecule has 0 spiro atoms. The van der Waals surface area contributed by atoms with Gasteiger partial charge in [-0.15, -0.1) is 0 Å². The number of hydrogen-bond acceptors (Lipinski definition) is 1. The van der Waals surface area contributed by atoms with Gasteiger partial charge in [-0.3, -0.25) is 4.79 Å². The minimum Gasteiger partial charge on any atom is -0.325 e. The molecule has 0 aromatic heterocycles. The largest absolute Gasteiger partial charge is 0.325 e. The zero-order valence-electron chi connectivity index (χ0n) is 10.9. The SMILES string of the molecule is O=C(CCC1CCCCC1)Nc1cccc(Cl)c1Br. The number of carbonyl (C=O) groups excluding carboxylic acids is 1. The Morgan fingerprint density at radius 1 is 1.32 bits per heavy atom. The zero-order valence-corrected chi connectivity index (χ0v) is 13.3. The van der Waals surface area contributed by atoms with Crippen LogP contribution in [0.3, 0.4) is 0 Å². The van der Waals surface area contributed by atoms with Crippen molar-refractivity contribution in [2.24, 2.45) is 5.92 Å². The van der Waals surface area contributed by atoms with Gasteiger partial charge in [-0.1, -0.05) is 49.8 Å². The first kappa shape index (κ1) is 14.9. The fraction of sp³-hybridized carbons (Fsp3) is 0.533. The first-order valence-corrected chi connectivity index (χ1v) is 8.08. The van der Waals surface area contributed by atoms with E-state index in [1.54, 1.807) is 6.07 Å². The van der Waals surface area contributed by atoms with Crippen molar-refractivity contribution in [2.75, 3.05) is 5.32 Å². The van der Waals surface area contributed by atoms with Crippen LogP contribution in [0.25, 0.3) is 0 Å². The standard InChI is InChI=1S/C15H19BrClNO/c16-15-12(17)7-4-8-13(15)18-14(19)10-9-11-5-2-1-3-6-11/h4,7-8,11H,1-3,5-6,9-10H2,(H,18,19). The second kappa shape index (κ2) is 7.30. The van der Waals surface area contributed by atoms with Gasteiger partial charge in [0.15, 0.2) is 0 Å². The predicted octanol–water partition coefficient (Wildman–Crippen LogP) is 5.40. The summed E-state index contributed by atoms with van der Waals surface area (Å²) in [5, 5.41) is 3.54. The molecule has 4 heteroatoms. The van der Waals surface area contributed by atoms with Crippen molar-refractivity contribution in [3.63, 3.8) is 0 Å². The molecule has 1 amide bonds. The van der Waals surface area contributed by atoms with Gasteiger partial charge in [0.25, 0.3) is 0 Å². The quantitative estimate of drug-likeness (QED) is 0.778. The summed E-state index contributed by atoms with van der Waals surface area (Å²) in [6, 6.07) is 5.49. The number of rotatable bonds is 4. The number of nitrogens with one attached hydrogen (secondary N) is 1. The van der Waals surface area contributed by atoms with Crippen molar-refractivity contribution in [3.8, 4) is 0 Å². The molecule has 2 rings (SSSR count). The second-order valence-corrected chi connectivity index (χ2v) is 6.39. The molecule has 19 heavy (non-hydrogen) atoms. The van der Waals surface area contributed by atoms with Crippen molar-refractivity contribution in [1.29, 1.82) is 0 Å². The van der Waals surface area contributed by atoms with E-state index in [4.69, 9.17) is 11.6 Å². The van der Waals surface area contributed by atoms with Crippen LogP contribution >= 0.6 is 27.5 Å². The third-order valence-electron chi connectivity index (χ3n) is 3.73. The highest BCUT2D eigenvalue weighted by Crippen LogP contribution is 2.31. The minimum absolute atomic E-state index is 0.0774. The molecule has 0 saturated heterocycles. The molecule has 0 unspecified atom stereocenters. The average molecular weight is 345 g/mol. The predicted molar refractivity (Wildman–Crippen MR) is 83.6 cm³/mol. The van der Waals surface area contributed by atoms with Crippen molar-refractivity contribution in [1.82, 2.24) is 0 Å². The van der Waals surface area contributed by atoms with Gasteiger partial charge >= 0.3 is 0 Å². The number of hydrogen-bond donors (Lipinski definition) is 1. The van der Waals surface area contributed by atoms with E-state index in [0.29, 0.717) is 11.4 Å². The van der Waals surface area contributed by atoms with E-state index >= 15 is 0 Å². The maximum atomic E-state index is 11.9. The van der Waals surface area contributed by atoms with Crippen LogP contribution in [0, 0.1) is 5.92 Å². The Kier molecular flexibility index (Phi) is 5.71. The van der Waals surface area contributed by atoms with Crippen LogP contribution in [-0.4, -0.2) is 5.91 Å². The average Bonchev–Trinajstić information content (AvgIpc) is 2.43. The summed E-state index contributed by atoms with van der Waals surface area (Å²) >= 11 is 9.39. The van der Waals surface area contributed by atoms with Gasteiger partial charge < -0.3 is 5.32 Å². The highest BCUT2D eigenvalue weighted by atomic mass is 79.9. The summed E-state index contributed by atoms with van der Waals surface area (Å²) < 4.78 is 0.752.